The Morgan fingerprint density at radius 2 is 1.09 bits per heavy atom. The van der Waals surface area contributed by atoms with Gasteiger partial charge in [-0.2, -0.15) is 0 Å². The zero-order chi connectivity index (χ0) is 30.5. The van der Waals surface area contributed by atoms with Gasteiger partial charge in [0.15, 0.2) is 5.58 Å². The minimum absolute atomic E-state index is 0.626. The van der Waals surface area contributed by atoms with Crippen LogP contribution in [0.2, 0.25) is 0 Å². The number of benzene rings is 6. The van der Waals surface area contributed by atoms with Crippen molar-refractivity contribution in [3.05, 3.63) is 158 Å². The normalized spacial score (nSPS) is 11.5. The van der Waals surface area contributed by atoms with Gasteiger partial charge in [-0.15, -0.1) is 11.3 Å². The molecule has 0 unspecified atom stereocenters. The topological polar surface area (TPSA) is 38.9 Å². The van der Waals surface area contributed by atoms with Crippen LogP contribution in [0.15, 0.2) is 162 Å². The molecular weight excluding hydrogens is 581 g/mol. The first-order valence-electron chi connectivity index (χ1n) is 15.3. The van der Waals surface area contributed by atoms with E-state index in [1.165, 1.54) is 37.2 Å². The fourth-order valence-electron chi connectivity index (χ4n) is 6.31. The van der Waals surface area contributed by atoms with Crippen molar-refractivity contribution in [1.29, 1.82) is 0 Å². The van der Waals surface area contributed by atoms with Crippen LogP contribution in [0.3, 0.4) is 0 Å². The van der Waals surface area contributed by atoms with E-state index in [1.54, 1.807) is 0 Å². The van der Waals surface area contributed by atoms with Crippen molar-refractivity contribution in [1.82, 2.24) is 9.97 Å². The van der Waals surface area contributed by atoms with Crippen molar-refractivity contribution in [2.45, 2.75) is 0 Å². The maximum absolute atomic E-state index is 6.09. The van der Waals surface area contributed by atoms with Crippen LogP contribution in [0.5, 0.6) is 0 Å². The second kappa shape index (κ2) is 11.0. The number of pyridine rings is 1. The van der Waals surface area contributed by atoms with E-state index in [2.05, 4.69) is 133 Å². The Kier molecular flexibility index (Phi) is 6.32. The first kappa shape index (κ1) is 26.6. The van der Waals surface area contributed by atoms with Gasteiger partial charge >= 0.3 is 0 Å². The molecule has 0 aliphatic carbocycles. The number of fused-ring (bicyclic) bond motifs is 4. The number of aromatic nitrogens is 2. The standard InChI is InChI=1S/C42H26N2OS/c1-3-12-27(13-4-1)31-16-11-17-32(26-31)37-38-39(28-14-5-2-6-15-28)43-34-19-8-7-18-33(34)41(38)46-40(37)29-22-24-30(25-23-29)42-44-35-20-9-10-21-36(35)45-42/h1-26H. The predicted octanol–water partition coefficient (Wildman–Crippen LogP) is 11.9. The first-order valence-corrected chi connectivity index (χ1v) is 16.1. The summed E-state index contributed by atoms with van der Waals surface area (Å²) in [6, 6.07) is 55.0. The number of nitrogens with zero attached hydrogens (tertiary/aromatic N) is 2. The smallest absolute Gasteiger partial charge is 0.227 e. The quantitative estimate of drug-likeness (QED) is 0.196. The molecule has 0 saturated heterocycles. The fraction of sp³-hybridized carbons (Fsp3) is 0. The molecule has 3 heterocycles. The van der Waals surface area contributed by atoms with Gasteiger partial charge in [0.1, 0.15) is 5.52 Å². The average Bonchev–Trinajstić information content (AvgIpc) is 3.75. The number of oxazole rings is 1. The Morgan fingerprint density at radius 3 is 1.87 bits per heavy atom. The SMILES string of the molecule is c1ccc(-c2cccc(-c3c(-c4ccc(-c5nc6ccccc6o5)cc4)sc4c3c(-c3ccccc3)nc3ccccc34)c2)cc1. The van der Waals surface area contributed by atoms with Gasteiger partial charge in [-0.1, -0.05) is 121 Å². The van der Waals surface area contributed by atoms with E-state index < -0.39 is 0 Å². The molecule has 0 aliphatic rings. The summed E-state index contributed by atoms with van der Waals surface area (Å²) in [4.78, 5) is 11.2. The van der Waals surface area contributed by atoms with Crippen molar-refractivity contribution < 1.29 is 4.42 Å². The van der Waals surface area contributed by atoms with E-state index in [9.17, 15) is 0 Å². The maximum Gasteiger partial charge on any atom is 0.227 e. The molecule has 3 nitrogen and oxygen atoms in total. The van der Waals surface area contributed by atoms with Gasteiger partial charge in [0.25, 0.3) is 0 Å². The minimum atomic E-state index is 0.626. The van der Waals surface area contributed by atoms with E-state index in [0.717, 1.165) is 44.4 Å². The summed E-state index contributed by atoms with van der Waals surface area (Å²) in [6.07, 6.45) is 0. The Labute approximate surface area is 270 Å². The van der Waals surface area contributed by atoms with Crippen molar-refractivity contribution in [2.24, 2.45) is 0 Å². The van der Waals surface area contributed by atoms with E-state index in [1.807, 2.05) is 35.6 Å². The van der Waals surface area contributed by atoms with Gasteiger partial charge in [0.05, 0.1) is 11.2 Å². The van der Waals surface area contributed by atoms with Crippen LogP contribution in [-0.4, -0.2) is 9.97 Å². The molecule has 0 bridgehead atoms. The lowest BCUT2D eigenvalue weighted by Gasteiger charge is -2.12. The second-order valence-corrected chi connectivity index (χ2v) is 12.4. The average molecular weight is 607 g/mol. The van der Waals surface area contributed by atoms with Crippen LogP contribution >= 0.6 is 11.3 Å². The third-order valence-corrected chi connectivity index (χ3v) is 9.79. The second-order valence-electron chi connectivity index (χ2n) is 11.4. The molecular formula is C42H26N2OS. The Bertz CT molecular complexity index is 2480. The molecule has 0 amide bonds. The van der Waals surface area contributed by atoms with Crippen molar-refractivity contribution in [3.8, 4) is 55.4 Å². The minimum Gasteiger partial charge on any atom is -0.436 e. The summed E-state index contributed by atoms with van der Waals surface area (Å²) in [5.74, 6) is 0.626. The van der Waals surface area contributed by atoms with Gasteiger partial charge < -0.3 is 4.42 Å². The highest BCUT2D eigenvalue weighted by molar-refractivity contribution is 7.24. The van der Waals surface area contributed by atoms with Gasteiger partial charge in [-0.05, 0) is 58.7 Å². The molecule has 46 heavy (non-hydrogen) atoms. The Hall–Kier alpha value is -5.84. The highest BCUT2D eigenvalue weighted by Crippen LogP contribution is 2.50. The monoisotopic (exact) mass is 606 g/mol. The molecule has 216 valence electrons. The lowest BCUT2D eigenvalue weighted by atomic mass is 9.93. The summed E-state index contributed by atoms with van der Waals surface area (Å²) in [6.45, 7) is 0. The van der Waals surface area contributed by atoms with Crippen LogP contribution in [0, 0.1) is 0 Å². The molecule has 4 heteroatoms. The zero-order valence-electron chi connectivity index (χ0n) is 24.7. The van der Waals surface area contributed by atoms with Crippen LogP contribution < -0.4 is 0 Å². The Morgan fingerprint density at radius 1 is 0.457 bits per heavy atom. The van der Waals surface area contributed by atoms with Crippen molar-refractivity contribution in [2.75, 3.05) is 0 Å². The molecule has 9 aromatic rings. The summed E-state index contributed by atoms with van der Waals surface area (Å²) in [5.41, 5.74) is 11.6. The summed E-state index contributed by atoms with van der Waals surface area (Å²) in [7, 11) is 0. The number of hydrogen-bond acceptors (Lipinski definition) is 4. The van der Waals surface area contributed by atoms with Gasteiger partial charge in [0, 0.05) is 37.0 Å². The van der Waals surface area contributed by atoms with Gasteiger partial charge in [-0.25, -0.2) is 9.97 Å². The molecule has 0 aliphatic heterocycles. The van der Waals surface area contributed by atoms with E-state index in [4.69, 9.17) is 14.4 Å². The highest BCUT2D eigenvalue weighted by Gasteiger charge is 2.23. The van der Waals surface area contributed by atoms with E-state index in [-0.39, 0.29) is 0 Å². The number of rotatable bonds is 5. The van der Waals surface area contributed by atoms with Crippen LogP contribution in [0.25, 0.3) is 87.5 Å². The molecule has 0 fully saturated rings. The number of hydrogen-bond donors (Lipinski definition) is 0. The van der Waals surface area contributed by atoms with Crippen LogP contribution in [-0.2, 0) is 0 Å². The molecule has 6 aromatic carbocycles. The maximum atomic E-state index is 6.09. The Balaban J connectivity index is 1.31. The lowest BCUT2D eigenvalue weighted by molar-refractivity contribution is 0.620. The summed E-state index contributed by atoms with van der Waals surface area (Å²) in [5, 5.41) is 2.34. The number of thiophene rings is 1. The molecule has 0 atom stereocenters. The highest BCUT2D eigenvalue weighted by atomic mass is 32.1. The third-order valence-electron chi connectivity index (χ3n) is 8.52. The predicted molar refractivity (Wildman–Crippen MR) is 192 cm³/mol. The first-order chi connectivity index (χ1) is 22.8. The molecule has 3 aromatic heterocycles. The van der Waals surface area contributed by atoms with Gasteiger partial charge in [0.2, 0.25) is 5.89 Å². The van der Waals surface area contributed by atoms with E-state index >= 15 is 0 Å². The molecule has 0 spiro atoms. The zero-order valence-corrected chi connectivity index (χ0v) is 25.5. The molecule has 9 rings (SSSR count). The summed E-state index contributed by atoms with van der Waals surface area (Å²) < 4.78 is 7.33. The van der Waals surface area contributed by atoms with Crippen molar-refractivity contribution >= 4 is 43.4 Å². The number of para-hydroxylation sites is 3. The van der Waals surface area contributed by atoms with Crippen LogP contribution in [0.4, 0.5) is 0 Å². The fourth-order valence-corrected chi connectivity index (χ4v) is 7.68. The van der Waals surface area contributed by atoms with Crippen molar-refractivity contribution in [3.63, 3.8) is 0 Å². The molecule has 0 radical (unpaired) electrons. The van der Waals surface area contributed by atoms with E-state index in [0.29, 0.717) is 5.89 Å². The summed E-state index contributed by atoms with van der Waals surface area (Å²) >= 11 is 1.84. The van der Waals surface area contributed by atoms with Gasteiger partial charge in [-0.3, -0.25) is 0 Å². The largest absolute Gasteiger partial charge is 0.436 e. The lowest BCUT2D eigenvalue weighted by Crippen LogP contribution is -1.90. The third kappa shape index (κ3) is 4.50. The molecule has 0 N–H and O–H groups in total. The van der Waals surface area contributed by atoms with Crippen LogP contribution in [0.1, 0.15) is 0 Å². The molecule has 0 saturated carbocycles.